The molecule has 0 saturated carbocycles. The van der Waals surface area contributed by atoms with Gasteiger partial charge in [0.05, 0.1) is 52.5 Å². The lowest BCUT2D eigenvalue weighted by Crippen LogP contribution is -2.28. The lowest BCUT2D eigenvalue weighted by atomic mass is 9.90. The molecule has 0 bridgehead atoms. The second-order valence-electron chi connectivity index (χ2n) is 13.0. The molecule has 2 heterocycles. The normalized spacial score (nSPS) is 18.7. The van der Waals surface area contributed by atoms with Crippen molar-refractivity contribution in [1.82, 2.24) is 4.57 Å². The SMILES string of the molecule is N#CC1=CC(c2ccccc2-c2ccc(N3c4ccc(C#N)cc4C4C=CC=CC43)cc2)=CC(n2c3ccccc3c3ccc(C#N)cc32)C=C1. The summed E-state index contributed by atoms with van der Waals surface area (Å²) < 4.78 is 2.27. The maximum Gasteiger partial charge on any atom is 0.0992 e. The van der Waals surface area contributed by atoms with E-state index in [1.807, 2.05) is 60.7 Å². The third-order valence-corrected chi connectivity index (χ3v) is 10.3. The summed E-state index contributed by atoms with van der Waals surface area (Å²) in [6.45, 7) is 0. The van der Waals surface area contributed by atoms with Crippen molar-refractivity contribution in [2.75, 3.05) is 4.90 Å². The van der Waals surface area contributed by atoms with Gasteiger partial charge in [-0.1, -0.05) is 91.0 Å². The average molecular weight is 652 g/mol. The highest BCUT2D eigenvalue weighted by molar-refractivity contribution is 6.08. The first-order valence-corrected chi connectivity index (χ1v) is 17.0. The number of allylic oxidation sites excluding steroid dienone is 8. The predicted molar refractivity (Wildman–Crippen MR) is 204 cm³/mol. The van der Waals surface area contributed by atoms with Gasteiger partial charge in [0.15, 0.2) is 0 Å². The quantitative estimate of drug-likeness (QED) is 0.190. The summed E-state index contributed by atoms with van der Waals surface area (Å²) in [4.78, 5) is 2.37. The van der Waals surface area contributed by atoms with E-state index < -0.39 is 0 Å². The van der Waals surface area contributed by atoms with E-state index in [1.165, 1.54) is 5.56 Å². The molecule has 1 aromatic heterocycles. The maximum absolute atomic E-state index is 10.1. The van der Waals surface area contributed by atoms with Crippen molar-refractivity contribution < 1.29 is 0 Å². The highest BCUT2D eigenvalue weighted by Crippen LogP contribution is 2.48. The van der Waals surface area contributed by atoms with E-state index in [2.05, 4.69) is 125 Å². The first-order chi connectivity index (χ1) is 25.1. The minimum Gasteiger partial charge on any atom is -0.333 e. The van der Waals surface area contributed by atoms with Crippen LogP contribution in [-0.2, 0) is 0 Å². The molecule has 3 aliphatic rings. The van der Waals surface area contributed by atoms with Crippen molar-refractivity contribution in [2.45, 2.75) is 18.0 Å². The average Bonchev–Trinajstić information content (AvgIpc) is 3.60. The third kappa shape index (κ3) is 4.90. The van der Waals surface area contributed by atoms with Gasteiger partial charge in [-0.25, -0.2) is 0 Å². The first kappa shape index (κ1) is 30.0. The molecule has 5 heteroatoms. The second-order valence-corrected chi connectivity index (χ2v) is 13.0. The Kier molecular flexibility index (Phi) is 7.10. The Bertz CT molecular complexity index is 2700. The lowest BCUT2D eigenvalue weighted by Gasteiger charge is -2.29. The van der Waals surface area contributed by atoms with Crippen molar-refractivity contribution in [2.24, 2.45) is 0 Å². The number of nitrogens with zero attached hydrogens (tertiary/aromatic N) is 5. The predicted octanol–water partition coefficient (Wildman–Crippen LogP) is 10.6. The van der Waals surface area contributed by atoms with Crippen LogP contribution in [0.2, 0.25) is 0 Å². The first-order valence-electron chi connectivity index (χ1n) is 17.0. The standard InChI is InChI=1S/C46H29N5/c47-27-30-13-18-36(51-43-11-5-3-9-39(43)41-21-14-32(29-49)25-46(41)51)26-34(23-30)38-8-2-1-7-37(38)33-16-19-35(20-17-33)50-44-12-6-4-10-40(44)42-24-31(28-48)15-22-45(42)50/h1-26,36,40,44H. The highest BCUT2D eigenvalue weighted by atomic mass is 15.2. The van der Waals surface area contributed by atoms with Crippen molar-refractivity contribution >= 4 is 38.8 Å². The van der Waals surface area contributed by atoms with Crippen LogP contribution in [0.25, 0.3) is 38.5 Å². The van der Waals surface area contributed by atoms with Crippen LogP contribution in [0.4, 0.5) is 11.4 Å². The van der Waals surface area contributed by atoms with Crippen molar-refractivity contribution in [3.05, 3.63) is 186 Å². The number of rotatable bonds is 4. The van der Waals surface area contributed by atoms with Gasteiger partial charge in [-0.2, -0.15) is 15.8 Å². The van der Waals surface area contributed by atoms with Gasteiger partial charge in [-0.05, 0) is 94.6 Å². The fourth-order valence-corrected chi connectivity index (χ4v) is 7.99. The molecular weight excluding hydrogens is 623 g/mol. The highest BCUT2D eigenvalue weighted by Gasteiger charge is 2.37. The molecule has 0 saturated heterocycles. The minimum atomic E-state index is -0.212. The monoisotopic (exact) mass is 651 g/mol. The van der Waals surface area contributed by atoms with E-state index in [1.54, 1.807) is 0 Å². The number of hydrogen-bond acceptors (Lipinski definition) is 4. The van der Waals surface area contributed by atoms with Gasteiger partial charge in [0.1, 0.15) is 0 Å². The van der Waals surface area contributed by atoms with E-state index in [9.17, 15) is 15.8 Å². The lowest BCUT2D eigenvalue weighted by molar-refractivity contribution is 0.744. The Morgan fingerprint density at radius 1 is 0.608 bits per heavy atom. The summed E-state index contributed by atoms with van der Waals surface area (Å²) >= 11 is 0. The van der Waals surface area contributed by atoms with Crippen molar-refractivity contribution in [3.63, 3.8) is 0 Å². The van der Waals surface area contributed by atoms with Gasteiger partial charge >= 0.3 is 0 Å². The number of benzene rings is 5. The number of hydrogen-bond donors (Lipinski definition) is 0. The molecule has 6 aromatic rings. The van der Waals surface area contributed by atoms with E-state index in [0.29, 0.717) is 16.7 Å². The van der Waals surface area contributed by atoms with Gasteiger partial charge in [-0.3, -0.25) is 0 Å². The van der Waals surface area contributed by atoms with Crippen molar-refractivity contribution in [1.29, 1.82) is 15.8 Å². The summed E-state index contributed by atoms with van der Waals surface area (Å²) in [7, 11) is 0. The molecule has 0 N–H and O–H groups in total. The molecule has 1 aliphatic heterocycles. The van der Waals surface area contributed by atoms with Gasteiger partial charge in [0.25, 0.3) is 0 Å². The number of fused-ring (bicyclic) bond motifs is 6. The largest absolute Gasteiger partial charge is 0.333 e. The summed E-state index contributed by atoms with van der Waals surface area (Å²) in [5, 5.41) is 31.7. The topological polar surface area (TPSA) is 79.5 Å². The van der Waals surface area contributed by atoms with E-state index >= 15 is 0 Å². The molecule has 3 unspecified atom stereocenters. The Morgan fingerprint density at radius 2 is 1.33 bits per heavy atom. The zero-order valence-corrected chi connectivity index (χ0v) is 27.5. The maximum atomic E-state index is 10.1. The van der Waals surface area contributed by atoms with Crippen LogP contribution in [0.5, 0.6) is 0 Å². The van der Waals surface area contributed by atoms with E-state index in [4.69, 9.17) is 0 Å². The molecule has 3 atom stereocenters. The molecule has 9 rings (SSSR count). The van der Waals surface area contributed by atoms with E-state index in [-0.39, 0.29) is 18.0 Å². The number of para-hydroxylation sites is 1. The van der Waals surface area contributed by atoms with Crippen LogP contribution < -0.4 is 4.90 Å². The Labute approximate surface area is 296 Å². The molecule has 5 aromatic carbocycles. The summed E-state index contributed by atoms with van der Waals surface area (Å²) in [6.07, 6.45) is 16.8. The molecular formula is C46H29N5. The molecule has 0 spiro atoms. The van der Waals surface area contributed by atoms with Gasteiger partial charge in [-0.15, -0.1) is 0 Å². The van der Waals surface area contributed by atoms with Crippen LogP contribution in [-0.4, -0.2) is 10.6 Å². The molecule has 0 amide bonds. The molecule has 0 fully saturated rings. The molecule has 5 nitrogen and oxygen atoms in total. The number of anilines is 2. The minimum absolute atomic E-state index is 0.136. The van der Waals surface area contributed by atoms with Gasteiger partial charge in [0, 0.05) is 33.6 Å². The van der Waals surface area contributed by atoms with Crippen LogP contribution in [0.1, 0.15) is 34.2 Å². The Morgan fingerprint density at radius 3 is 2.16 bits per heavy atom. The zero-order chi connectivity index (χ0) is 34.5. The fraction of sp³-hybridized carbons (Fsp3) is 0.0652. The van der Waals surface area contributed by atoms with Gasteiger partial charge in [0.2, 0.25) is 0 Å². The molecule has 51 heavy (non-hydrogen) atoms. The number of nitriles is 3. The summed E-state index contributed by atoms with van der Waals surface area (Å²) in [6, 6.07) is 44.1. The zero-order valence-electron chi connectivity index (χ0n) is 27.5. The third-order valence-electron chi connectivity index (χ3n) is 10.3. The summed E-state index contributed by atoms with van der Waals surface area (Å²) in [5.41, 5.74) is 11.4. The van der Waals surface area contributed by atoms with E-state index in [0.717, 1.165) is 55.4 Å². The number of aromatic nitrogens is 1. The van der Waals surface area contributed by atoms with Crippen LogP contribution >= 0.6 is 0 Å². The summed E-state index contributed by atoms with van der Waals surface area (Å²) in [5.74, 6) is 0.185. The van der Waals surface area contributed by atoms with Crippen LogP contribution in [0.3, 0.4) is 0 Å². The van der Waals surface area contributed by atoms with Crippen LogP contribution in [0, 0.1) is 34.0 Å². The fourth-order valence-electron chi connectivity index (χ4n) is 7.99. The molecule has 238 valence electrons. The Balaban J connectivity index is 1.14. The molecule has 0 radical (unpaired) electrons. The second kappa shape index (κ2) is 12.1. The smallest absolute Gasteiger partial charge is 0.0992 e. The molecule has 2 aliphatic carbocycles. The van der Waals surface area contributed by atoms with Gasteiger partial charge < -0.3 is 9.47 Å². The Hall–Kier alpha value is -7.13. The van der Waals surface area contributed by atoms with Crippen molar-refractivity contribution in [3.8, 4) is 29.3 Å². The van der Waals surface area contributed by atoms with Crippen LogP contribution in [0.15, 0.2) is 163 Å².